The third-order valence-corrected chi connectivity index (χ3v) is 6.08. The fourth-order valence-corrected chi connectivity index (χ4v) is 4.44. The number of likely N-dealkylation sites (tertiary alicyclic amines) is 2. The van der Waals surface area contributed by atoms with E-state index in [1.54, 1.807) is 18.6 Å². The minimum absolute atomic E-state index is 0.0641. The van der Waals surface area contributed by atoms with E-state index in [1.165, 1.54) is 0 Å². The SMILES string of the molecule is CC(C)N1CCC(C(=O)N2CCC[C@@H]2c2cccc(Nc3cnccn3)n2)CC1. The van der Waals surface area contributed by atoms with Crippen LogP contribution in [-0.4, -0.2) is 56.3 Å². The van der Waals surface area contributed by atoms with Crippen LogP contribution in [0.15, 0.2) is 36.8 Å². The Hall–Kier alpha value is -2.54. The number of hydrogen-bond acceptors (Lipinski definition) is 6. The molecular formula is C22H30N6O. The van der Waals surface area contributed by atoms with Crippen molar-refractivity contribution in [2.24, 2.45) is 5.92 Å². The van der Waals surface area contributed by atoms with Gasteiger partial charge in [0.15, 0.2) is 0 Å². The van der Waals surface area contributed by atoms with Gasteiger partial charge in [0.05, 0.1) is 17.9 Å². The Bertz CT molecular complexity index is 819. The van der Waals surface area contributed by atoms with Crippen LogP contribution in [0, 0.1) is 5.92 Å². The van der Waals surface area contributed by atoms with Crippen LogP contribution in [0.25, 0.3) is 0 Å². The molecule has 1 amide bonds. The predicted molar refractivity (Wildman–Crippen MR) is 113 cm³/mol. The van der Waals surface area contributed by atoms with Crippen molar-refractivity contribution in [2.75, 3.05) is 25.0 Å². The molecule has 2 fully saturated rings. The predicted octanol–water partition coefficient (Wildman–Crippen LogP) is 3.40. The molecule has 2 aromatic heterocycles. The molecule has 2 saturated heterocycles. The molecule has 7 nitrogen and oxygen atoms in total. The highest BCUT2D eigenvalue weighted by atomic mass is 16.2. The highest BCUT2D eigenvalue weighted by Crippen LogP contribution is 2.34. The minimum atomic E-state index is 0.0641. The van der Waals surface area contributed by atoms with E-state index in [0.717, 1.165) is 56.8 Å². The fraction of sp³-hybridized carbons (Fsp3) is 0.545. The summed E-state index contributed by atoms with van der Waals surface area (Å²) in [6, 6.07) is 6.55. The van der Waals surface area contributed by atoms with E-state index in [0.29, 0.717) is 17.8 Å². The van der Waals surface area contributed by atoms with Crippen LogP contribution < -0.4 is 5.32 Å². The van der Waals surface area contributed by atoms with Gasteiger partial charge in [0.1, 0.15) is 11.6 Å². The number of aromatic nitrogens is 3. The lowest BCUT2D eigenvalue weighted by molar-refractivity contribution is -0.138. The van der Waals surface area contributed by atoms with Crippen LogP contribution in [-0.2, 0) is 4.79 Å². The summed E-state index contributed by atoms with van der Waals surface area (Å²) in [4.78, 5) is 30.9. The van der Waals surface area contributed by atoms with Gasteiger partial charge in [-0.3, -0.25) is 9.78 Å². The van der Waals surface area contributed by atoms with Crippen LogP contribution in [0.5, 0.6) is 0 Å². The molecule has 4 rings (SSSR count). The topological polar surface area (TPSA) is 74.2 Å². The molecule has 0 aromatic carbocycles. The lowest BCUT2D eigenvalue weighted by Crippen LogP contribution is -2.44. The molecule has 0 aliphatic carbocycles. The first-order chi connectivity index (χ1) is 14.1. The van der Waals surface area contributed by atoms with Crippen LogP contribution in [0.3, 0.4) is 0 Å². The molecule has 2 aromatic rings. The zero-order valence-corrected chi connectivity index (χ0v) is 17.3. The van der Waals surface area contributed by atoms with Crippen LogP contribution in [0.4, 0.5) is 11.6 Å². The van der Waals surface area contributed by atoms with E-state index in [2.05, 4.69) is 38.9 Å². The van der Waals surface area contributed by atoms with E-state index in [1.807, 2.05) is 18.2 Å². The number of anilines is 2. The van der Waals surface area contributed by atoms with Gasteiger partial charge in [0.2, 0.25) is 5.91 Å². The number of piperidine rings is 1. The summed E-state index contributed by atoms with van der Waals surface area (Å²) in [5.41, 5.74) is 0.948. The number of rotatable bonds is 5. The molecule has 2 aliphatic rings. The van der Waals surface area contributed by atoms with Crippen molar-refractivity contribution in [3.05, 3.63) is 42.5 Å². The Labute approximate surface area is 172 Å². The van der Waals surface area contributed by atoms with E-state index in [9.17, 15) is 4.79 Å². The first-order valence-corrected chi connectivity index (χ1v) is 10.7. The molecule has 0 unspecified atom stereocenters. The van der Waals surface area contributed by atoms with Gasteiger partial charge in [0.25, 0.3) is 0 Å². The van der Waals surface area contributed by atoms with Gasteiger partial charge < -0.3 is 15.1 Å². The van der Waals surface area contributed by atoms with Crippen molar-refractivity contribution in [2.45, 2.75) is 51.6 Å². The minimum Gasteiger partial charge on any atom is -0.334 e. The summed E-state index contributed by atoms with van der Waals surface area (Å²) in [6.45, 7) is 7.32. The van der Waals surface area contributed by atoms with Crippen molar-refractivity contribution >= 4 is 17.5 Å². The molecule has 4 heterocycles. The van der Waals surface area contributed by atoms with Gasteiger partial charge in [-0.05, 0) is 64.8 Å². The Morgan fingerprint density at radius 2 is 1.93 bits per heavy atom. The van der Waals surface area contributed by atoms with Gasteiger partial charge >= 0.3 is 0 Å². The Balaban J connectivity index is 1.44. The second kappa shape index (κ2) is 8.86. The lowest BCUT2D eigenvalue weighted by atomic mass is 9.94. The summed E-state index contributed by atoms with van der Waals surface area (Å²) in [5, 5.41) is 3.20. The van der Waals surface area contributed by atoms with E-state index < -0.39 is 0 Å². The normalized spacial score (nSPS) is 20.9. The highest BCUT2D eigenvalue weighted by Gasteiger charge is 2.36. The third-order valence-electron chi connectivity index (χ3n) is 6.08. The second-order valence-electron chi connectivity index (χ2n) is 8.26. The van der Waals surface area contributed by atoms with Crippen LogP contribution in [0.1, 0.15) is 51.3 Å². The lowest BCUT2D eigenvalue weighted by Gasteiger charge is -2.36. The van der Waals surface area contributed by atoms with Gasteiger partial charge in [-0.15, -0.1) is 0 Å². The maximum absolute atomic E-state index is 13.3. The summed E-state index contributed by atoms with van der Waals surface area (Å²) in [6.07, 6.45) is 8.88. The largest absolute Gasteiger partial charge is 0.334 e. The van der Waals surface area contributed by atoms with Gasteiger partial charge in [0, 0.05) is 30.9 Å². The van der Waals surface area contributed by atoms with Crippen molar-refractivity contribution in [1.82, 2.24) is 24.8 Å². The fourth-order valence-electron chi connectivity index (χ4n) is 4.44. The summed E-state index contributed by atoms with van der Waals surface area (Å²) in [5.74, 6) is 1.84. The van der Waals surface area contributed by atoms with Gasteiger partial charge in [-0.1, -0.05) is 6.07 Å². The molecule has 29 heavy (non-hydrogen) atoms. The molecular weight excluding hydrogens is 364 g/mol. The number of nitrogens with one attached hydrogen (secondary N) is 1. The molecule has 0 radical (unpaired) electrons. The molecule has 7 heteroatoms. The first kappa shape index (κ1) is 19.8. The van der Waals surface area contributed by atoms with E-state index in [4.69, 9.17) is 4.98 Å². The molecule has 0 bridgehead atoms. The number of carbonyl (C=O) groups is 1. The van der Waals surface area contributed by atoms with E-state index >= 15 is 0 Å². The third kappa shape index (κ3) is 4.56. The first-order valence-electron chi connectivity index (χ1n) is 10.7. The van der Waals surface area contributed by atoms with Crippen molar-refractivity contribution in [3.8, 4) is 0 Å². The molecule has 2 aliphatic heterocycles. The average molecular weight is 395 g/mol. The molecule has 0 saturated carbocycles. The van der Waals surface area contributed by atoms with Crippen LogP contribution in [0.2, 0.25) is 0 Å². The molecule has 154 valence electrons. The Kier molecular flexibility index (Phi) is 6.04. The van der Waals surface area contributed by atoms with Crippen molar-refractivity contribution in [1.29, 1.82) is 0 Å². The zero-order chi connectivity index (χ0) is 20.2. The summed E-state index contributed by atoms with van der Waals surface area (Å²) in [7, 11) is 0. The molecule has 1 N–H and O–H groups in total. The molecule has 1 atom stereocenters. The molecule has 0 spiro atoms. The maximum Gasteiger partial charge on any atom is 0.226 e. The number of hydrogen-bond donors (Lipinski definition) is 1. The van der Waals surface area contributed by atoms with Gasteiger partial charge in [-0.2, -0.15) is 0 Å². The Morgan fingerprint density at radius 1 is 1.10 bits per heavy atom. The number of pyridine rings is 1. The summed E-state index contributed by atoms with van der Waals surface area (Å²) < 4.78 is 0. The Morgan fingerprint density at radius 3 is 2.66 bits per heavy atom. The quantitative estimate of drug-likeness (QED) is 0.838. The number of carbonyl (C=O) groups excluding carboxylic acids is 1. The zero-order valence-electron chi connectivity index (χ0n) is 17.3. The number of amides is 1. The van der Waals surface area contributed by atoms with Crippen molar-refractivity contribution in [3.63, 3.8) is 0 Å². The van der Waals surface area contributed by atoms with Crippen molar-refractivity contribution < 1.29 is 4.79 Å². The summed E-state index contributed by atoms with van der Waals surface area (Å²) >= 11 is 0. The standard InChI is InChI=1S/C22H30N6O/c1-16(2)27-13-8-17(9-14-27)22(29)28-12-4-6-19(28)18-5-3-7-20(25-18)26-21-15-23-10-11-24-21/h3,5,7,10-11,15-17,19H,4,6,8-9,12-14H2,1-2H3,(H,24,25,26)/t19-/m1/s1. The second-order valence-corrected chi connectivity index (χ2v) is 8.26. The van der Waals surface area contributed by atoms with Gasteiger partial charge in [-0.25, -0.2) is 9.97 Å². The maximum atomic E-state index is 13.3. The smallest absolute Gasteiger partial charge is 0.226 e. The monoisotopic (exact) mass is 394 g/mol. The van der Waals surface area contributed by atoms with E-state index in [-0.39, 0.29) is 12.0 Å². The van der Waals surface area contributed by atoms with Crippen LogP contribution >= 0.6 is 0 Å². The number of nitrogens with zero attached hydrogens (tertiary/aromatic N) is 5. The highest BCUT2D eigenvalue weighted by molar-refractivity contribution is 5.79. The average Bonchev–Trinajstić information content (AvgIpc) is 3.24.